The molecular weight excluding hydrogens is 370 g/mol. The second-order valence-electron chi connectivity index (χ2n) is 6.36. The maximum atomic E-state index is 12.4. The lowest BCUT2D eigenvalue weighted by molar-refractivity contribution is -0.117. The number of carbonyl (C=O) groups is 2. The van der Waals surface area contributed by atoms with Crippen LogP contribution in [0.2, 0.25) is 0 Å². The standard InChI is InChI=1S/C22H21N3O4/c23-18(13-15-5-2-1-3-6-15)22(28)25-19-14-16(8-10-20(19)26)24-21(27)11-9-17-7-4-12-29-17/h1-12,14,18,26H,13,23H2,(H,24,27)(H,25,28)/b11-9+/t18-/m0/s1. The van der Waals surface area contributed by atoms with E-state index in [1.165, 1.54) is 36.6 Å². The van der Waals surface area contributed by atoms with Gasteiger partial charge in [-0.05, 0) is 48.4 Å². The summed E-state index contributed by atoms with van der Waals surface area (Å²) in [4.78, 5) is 24.4. The number of hydrogen-bond acceptors (Lipinski definition) is 5. The predicted molar refractivity (Wildman–Crippen MR) is 111 cm³/mol. The molecule has 0 spiro atoms. The first-order valence-corrected chi connectivity index (χ1v) is 8.97. The number of furan rings is 1. The lowest BCUT2D eigenvalue weighted by Crippen LogP contribution is -2.37. The van der Waals surface area contributed by atoms with Crippen LogP contribution >= 0.6 is 0 Å². The first kappa shape index (κ1) is 19.9. The molecule has 7 heteroatoms. The summed E-state index contributed by atoms with van der Waals surface area (Å²) in [7, 11) is 0. The number of amides is 2. The van der Waals surface area contributed by atoms with Gasteiger partial charge >= 0.3 is 0 Å². The molecule has 0 bridgehead atoms. The van der Waals surface area contributed by atoms with Gasteiger partial charge in [0, 0.05) is 11.8 Å². The Hall–Kier alpha value is -3.84. The SMILES string of the molecule is N[C@@H](Cc1ccccc1)C(=O)Nc1cc(NC(=O)/C=C/c2ccco2)ccc1O. The van der Waals surface area contributed by atoms with E-state index >= 15 is 0 Å². The number of nitrogens with two attached hydrogens (primary N) is 1. The average molecular weight is 391 g/mol. The number of benzene rings is 2. The fourth-order valence-corrected chi connectivity index (χ4v) is 2.63. The van der Waals surface area contributed by atoms with Crippen molar-refractivity contribution < 1.29 is 19.1 Å². The topological polar surface area (TPSA) is 118 Å². The number of phenolic OH excluding ortho intramolecular Hbond substituents is 1. The Morgan fingerprint density at radius 3 is 2.59 bits per heavy atom. The molecule has 0 saturated heterocycles. The normalized spacial score (nSPS) is 11.9. The van der Waals surface area contributed by atoms with Crippen LogP contribution in [0.25, 0.3) is 6.08 Å². The molecule has 1 heterocycles. The molecule has 2 aromatic carbocycles. The van der Waals surface area contributed by atoms with Crippen LogP contribution in [0, 0.1) is 0 Å². The van der Waals surface area contributed by atoms with E-state index in [9.17, 15) is 14.7 Å². The Morgan fingerprint density at radius 2 is 1.86 bits per heavy atom. The molecule has 0 fully saturated rings. The first-order valence-electron chi connectivity index (χ1n) is 8.97. The number of hydrogen-bond donors (Lipinski definition) is 4. The summed E-state index contributed by atoms with van der Waals surface area (Å²) in [6.45, 7) is 0. The van der Waals surface area contributed by atoms with Crippen molar-refractivity contribution in [3.63, 3.8) is 0 Å². The average Bonchev–Trinajstić information content (AvgIpc) is 3.23. The molecule has 2 amide bonds. The van der Waals surface area contributed by atoms with Crippen LogP contribution in [-0.4, -0.2) is 23.0 Å². The lowest BCUT2D eigenvalue weighted by atomic mass is 10.1. The van der Waals surface area contributed by atoms with Crippen LogP contribution in [-0.2, 0) is 16.0 Å². The second-order valence-corrected chi connectivity index (χ2v) is 6.36. The van der Waals surface area contributed by atoms with Crippen molar-refractivity contribution in [1.29, 1.82) is 0 Å². The summed E-state index contributed by atoms with van der Waals surface area (Å²) >= 11 is 0. The van der Waals surface area contributed by atoms with Crippen LogP contribution in [0.3, 0.4) is 0 Å². The Kier molecular flexibility index (Phi) is 6.44. The summed E-state index contributed by atoms with van der Waals surface area (Å²) in [6.07, 6.45) is 4.72. The highest BCUT2D eigenvalue weighted by Gasteiger charge is 2.16. The number of anilines is 2. The van der Waals surface area contributed by atoms with Crippen LogP contribution in [0.4, 0.5) is 11.4 Å². The minimum Gasteiger partial charge on any atom is -0.506 e. The molecule has 1 atom stereocenters. The van der Waals surface area contributed by atoms with Crippen molar-refractivity contribution in [2.24, 2.45) is 5.73 Å². The number of rotatable bonds is 7. The molecule has 0 radical (unpaired) electrons. The second kappa shape index (κ2) is 9.38. The number of phenols is 1. The molecule has 0 aliphatic carbocycles. The highest BCUT2D eigenvalue weighted by atomic mass is 16.3. The molecule has 3 aromatic rings. The molecule has 29 heavy (non-hydrogen) atoms. The van der Waals surface area contributed by atoms with Crippen molar-refractivity contribution in [1.82, 2.24) is 0 Å². The van der Waals surface area contributed by atoms with E-state index < -0.39 is 11.9 Å². The Labute approximate surface area is 167 Å². The zero-order chi connectivity index (χ0) is 20.6. The van der Waals surface area contributed by atoms with Gasteiger partial charge in [-0.25, -0.2) is 0 Å². The molecule has 0 aliphatic rings. The minimum atomic E-state index is -0.786. The molecule has 3 rings (SSSR count). The summed E-state index contributed by atoms with van der Waals surface area (Å²) < 4.78 is 5.12. The summed E-state index contributed by atoms with van der Waals surface area (Å²) in [5.41, 5.74) is 7.47. The fourth-order valence-electron chi connectivity index (χ4n) is 2.63. The van der Waals surface area contributed by atoms with Gasteiger partial charge < -0.3 is 25.9 Å². The van der Waals surface area contributed by atoms with Gasteiger partial charge in [-0.15, -0.1) is 0 Å². The van der Waals surface area contributed by atoms with E-state index in [4.69, 9.17) is 10.2 Å². The van der Waals surface area contributed by atoms with Gasteiger partial charge in [0.2, 0.25) is 11.8 Å². The van der Waals surface area contributed by atoms with E-state index in [2.05, 4.69) is 10.6 Å². The number of nitrogens with one attached hydrogen (secondary N) is 2. The van der Waals surface area contributed by atoms with Gasteiger partial charge in [0.15, 0.2) is 0 Å². The summed E-state index contributed by atoms with van der Waals surface area (Å²) in [5.74, 6) is -0.406. The monoisotopic (exact) mass is 391 g/mol. The maximum absolute atomic E-state index is 12.4. The van der Waals surface area contributed by atoms with E-state index in [1.54, 1.807) is 12.1 Å². The Balaban J connectivity index is 1.62. The van der Waals surface area contributed by atoms with Gasteiger partial charge in [-0.3, -0.25) is 9.59 Å². The molecule has 0 saturated carbocycles. The van der Waals surface area contributed by atoms with Crippen LogP contribution < -0.4 is 16.4 Å². The highest BCUT2D eigenvalue weighted by Crippen LogP contribution is 2.27. The molecule has 0 aliphatic heterocycles. The smallest absolute Gasteiger partial charge is 0.248 e. The minimum absolute atomic E-state index is 0.130. The van der Waals surface area contributed by atoms with Crippen molar-refractivity contribution in [2.45, 2.75) is 12.5 Å². The van der Waals surface area contributed by atoms with Gasteiger partial charge in [-0.2, -0.15) is 0 Å². The van der Waals surface area contributed by atoms with E-state index in [1.807, 2.05) is 30.3 Å². The van der Waals surface area contributed by atoms with E-state index in [0.717, 1.165) is 5.56 Å². The molecule has 5 N–H and O–H groups in total. The van der Waals surface area contributed by atoms with Gasteiger partial charge in [0.05, 0.1) is 18.0 Å². The van der Waals surface area contributed by atoms with E-state index in [0.29, 0.717) is 17.9 Å². The molecule has 148 valence electrons. The zero-order valence-electron chi connectivity index (χ0n) is 15.5. The third-order valence-corrected chi connectivity index (χ3v) is 4.10. The number of carbonyl (C=O) groups excluding carboxylic acids is 2. The van der Waals surface area contributed by atoms with Crippen LogP contribution in [0.1, 0.15) is 11.3 Å². The van der Waals surface area contributed by atoms with Crippen LogP contribution in [0.15, 0.2) is 77.4 Å². The lowest BCUT2D eigenvalue weighted by Gasteiger charge is -2.14. The first-order chi connectivity index (χ1) is 14.0. The van der Waals surface area contributed by atoms with Crippen molar-refractivity contribution in [3.8, 4) is 5.75 Å². The third-order valence-electron chi connectivity index (χ3n) is 4.10. The van der Waals surface area contributed by atoms with Crippen molar-refractivity contribution in [3.05, 3.63) is 84.3 Å². The van der Waals surface area contributed by atoms with Crippen LogP contribution in [0.5, 0.6) is 5.75 Å². The fraction of sp³-hybridized carbons (Fsp3) is 0.0909. The van der Waals surface area contributed by atoms with Crippen molar-refractivity contribution >= 4 is 29.3 Å². The van der Waals surface area contributed by atoms with Gasteiger partial charge in [-0.1, -0.05) is 30.3 Å². The quantitative estimate of drug-likeness (QED) is 0.280. The Morgan fingerprint density at radius 1 is 1.07 bits per heavy atom. The predicted octanol–water partition coefficient (Wildman–Crippen LogP) is 3.15. The Bertz CT molecular complexity index is 998. The molecule has 7 nitrogen and oxygen atoms in total. The summed E-state index contributed by atoms with van der Waals surface area (Å²) in [6, 6.07) is 16.4. The molecule has 0 unspecified atom stereocenters. The molecule has 1 aromatic heterocycles. The van der Waals surface area contributed by atoms with E-state index in [-0.39, 0.29) is 17.3 Å². The van der Waals surface area contributed by atoms with Gasteiger partial charge in [0.1, 0.15) is 11.5 Å². The zero-order valence-corrected chi connectivity index (χ0v) is 15.5. The summed E-state index contributed by atoms with van der Waals surface area (Å²) in [5, 5.41) is 15.3. The highest BCUT2D eigenvalue weighted by molar-refractivity contribution is 6.03. The van der Waals surface area contributed by atoms with Crippen molar-refractivity contribution in [2.75, 3.05) is 10.6 Å². The largest absolute Gasteiger partial charge is 0.506 e. The molecular formula is C22H21N3O4. The maximum Gasteiger partial charge on any atom is 0.248 e. The number of aromatic hydroxyl groups is 1. The third kappa shape index (κ3) is 5.82. The van der Waals surface area contributed by atoms with Gasteiger partial charge in [0.25, 0.3) is 0 Å².